The molecule has 0 amide bonds. The van der Waals surface area contributed by atoms with Gasteiger partial charge in [0.2, 0.25) is 0 Å². The fourth-order valence-corrected chi connectivity index (χ4v) is 1.42. The van der Waals surface area contributed by atoms with Gasteiger partial charge < -0.3 is 4.98 Å². The highest BCUT2D eigenvalue weighted by Crippen LogP contribution is 2.17. The van der Waals surface area contributed by atoms with Gasteiger partial charge in [-0.3, -0.25) is 0 Å². The van der Waals surface area contributed by atoms with Crippen LogP contribution in [0.25, 0.3) is 17.1 Å². The predicted molar refractivity (Wildman–Crippen MR) is 60.4 cm³/mol. The molecule has 1 unspecified atom stereocenters. The standard InChI is InChI=1S/C11H11ClN2/c1-8(12)4-5-9-7-14-11-10(9)3-2-6-13-11/h2-8H,1H3,(H,13,14)/b5-4+. The van der Waals surface area contributed by atoms with E-state index in [1.807, 2.05) is 37.4 Å². The van der Waals surface area contributed by atoms with Gasteiger partial charge in [-0.15, -0.1) is 11.6 Å². The van der Waals surface area contributed by atoms with Crippen LogP contribution < -0.4 is 0 Å². The van der Waals surface area contributed by atoms with Crippen molar-refractivity contribution in [1.29, 1.82) is 0 Å². The molecule has 0 spiro atoms. The lowest BCUT2D eigenvalue weighted by Gasteiger charge is -1.92. The van der Waals surface area contributed by atoms with Crippen LogP contribution in [0.15, 0.2) is 30.6 Å². The minimum Gasteiger partial charge on any atom is -0.346 e. The highest BCUT2D eigenvalue weighted by atomic mass is 35.5. The summed E-state index contributed by atoms with van der Waals surface area (Å²) in [5, 5.41) is 1.18. The van der Waals surface area contributed by atoms with Gasteiger partial charge in [0.25, 0.3) is 0 Å². The van der Waals surface area contributed by atoms with Crippen LogP contribution in [0.4, 0.5) is 0 Å². The first kappa shape index (κ1) is 9.28. The van der Waals surface area contributed by atoms with E-state index in [9.17, 15) is 0 Å². The van der Waals surface area contributed by atoms with E-state index in [0.717, 1.165) is 16.6 Å². The summed E-state index contributed by atoms with van der Waals surface area (Å²) in [7, 11) is 0. The minimum absolute atomic E-state index is 0.0524. The van der Waals surface area contributed by atoms with E-state index in [2.05, 4.69) is 9.97 Å². The van der Waals surface area contributed by atoms with Crippen LogP contribution in [0.2, 0.25) is 0 Å². The maximum atomic E-state index is 5.83. The first-order valence-corrected chi connectivity index (χ1v) is 4.95. The lowest BCUT2D eigenvalue weighted by atomic mass is 10.2. The molecule has 2 aromatic rings. The Hall–Kier alpha value is -1.28. The third-order valence-electron chi connectivity index (χ3n) is 2.02. The Kier molecular flexibility index (Phi) is 2.55. The number of nitrogens with one attached hydrogen (secondary N) is 1. The van der Waals surface area contributed by atoms with Crippen molar-refractivity contribution in [3.63, 3.8) is 0 Å². The fourth-order valence-electron chi connectivity index (χ4n) is 1.35. The summed E-state index contributed by atoms with van der Waals surface area (Å²) in [5.41, 5.74) is 2.04. The maximum absolute atomic E-state index is 5.83. The lowest BCUT2D eigenvalue weighted by Crippen LogP contribution is -1.80. The van der Waals surface area contributed by atoms with E-state index in [4.69, 9.17) is 11.6 Å². The number of nitrogens with zero attached hydrogens (tertiary/aromatic N) is 1. The Morgan fingerprint density at radius 3 is 3.21 bits per heavy atom. The smallest absolute Gasteiger partial charge is 0.137 e. The third-order valence-corrected chi connectivity index (χ3v) is 2.17. The van der Waals surface area contributed by atoms with Crippen LogP contribution in [0.5, 0.6) is 0 Å². The summed E-state index contributed by atoms with van der Waals surface area (Å²) in [6, 6.07) is 3.97. The first-order valence-electron chi connectivity index (χ1n) is 4.52. The summed E-state index contributed by atoms with van der Waals surface area (Å²) in [5.74, 6) is 0. The Balaban J connectivity index is 2.43. The van der Waals surface area contributed by atoms with Crippen LogP contribution >= 0.6 is 11.6 Å². The predicted octanol–water partition coefficient (Wildman–Crippen LogP) is 3.20. The zero-order chi connectivity index (χ0) is 9.97. The molecule has 2 rings (SSSR count). The van der Waals surface area contributed by atoms with Crippen molar-refractivity contribution in [2.75, 3.05) is 0 Å². The molecule has 1 atom stereocenters. The number of halogens is 1. The number of hydrogen-bond donors (Lipinski definition) is 1. The Labute approximate surface area is 87.6 Å². The summed E-state index contributed by atoms with van der Waals surface area (Å²) in [6.07, 6.45) is 7.68. The number of aromatic amines is 1. The van der Waals surface area contributed by atoms with E-state index in [1.54, 1.807) is 6.20 Å². The van der Waals surface area contributed by atoms with Gasteiger partial charge in [0.05, 0.1) is 0 Å². The molecule has 1 N–H and O–H groups in total. The molecule has 0 saturated carbocycles. The summed E-state index contributed by atoms with van der Waals surface area (Å²) in [6.45, 7) is 1.94. The maximum Gasteiger partial charge on any atom is 0.137 e. The number of fused-ring (bicyclic) bond motifs is 1. The van der Waals surface area contributed by atoms with Gasteiger partial charge in [0.15, 0.2) is 0 Å². The number of H-pyrrole nitrogens is 1. The van der Waals surface area contributed by atoms with Crippen molar-refractivity contribution in [3.8, 4) is 0 Å². The topological polar surface area (TPSA) is 28.7 Å². The number of alkyl halides is 1. The summed E-state index contributed by atoms with van der Waals surface area (Å²) >= 11 is 5.83. The van der Waals surface area contributed by atoms with Crippen molar-refractivity contribution in [3.05, 3.63) is 36.2 Å². The van der Waals surface area contributed by atoms with Gasteiger partial charge in [-0.1, -0.05) is 12.2 Å². The highest BCUT2D eigenvalue weighted by molar-refractivity contribution is 6.21. The van der Waals surface area contributed by atoms with Crippen LogP contribution in [0.3, 0.4) is 0 Å². The van der Waals surface area contributed by atoms with E-state index in [1.165, 1.54) is 0 Å². The molecule has 3 heteroatoms. The molecule has 2 heterocycles. The molecule has 14 heavy (non-hydrogen) atoms. The zero-order valence-electron chi connectivity index (χ0n) is 7.87. The van der Waals surface area contributed by atoms with E-state index >= 15 is 0 Å². The third kappa shape index (κ3) is 1.80. The van der Waals surface area contributed by atoms with Crippen molar-refractivity contribution < 1.29 is 0 Å². The van der Waals surface area contributed by atoms with Gasteiger partial charge in [-0.25, -0.2) is 4.98 Å². The molecule has 2 aromatic heterocycles. The molecular formula is C11H11ClN2. The molecule has 0 fully saturated rings. The molecule has 72 valence electrons. The van der Waals surface area contributed by atoms with Crippen LogP contribution in [0, 0.1) is 0 Å². The van der Waals surface area contributed by atoms with Crippen LogP contribution in [-0.4, -0.2) is 15.3 Å². The van der Waals surface area contributed by atoms with Crippen molar-refractivity contribution in [2.24, 2.45) is 0 Å². The molecule has 0 aromatic carbocycles. The van der Waals surface area contributed by atoms with Crippen molar-refractivity contribution >= 4 is 28.7 Å². The van der Waals surface area contributed by atoms with Gasteiger partial charge >= 0.3 is 0 Å². The van der Waals surface area contributed by atoms with Gasteiger partial charge in [0.1, 0.15) is 5.65 Å². The van der Waals surface area contributed by atoms with Crippen molar-refractivity contribution in [2.45, 2.75) is 12.3 Å². The molecule has 0 bridgehead atoms. The quantitative estimate of drug-likeness (QED) is 0.752. The largest absolute Gasteiger partial charge is 0.346 e. The Morgan fingerprint density at radius 2 is 2.43 bits per heavy atom. The normalized spacial score (nSPS) is 13.9. The molecule has 0 radical (unpaired) electrons. The number of rotatable bonds is 2. The molecular weight excluding hydrogens is 196 g/mol. The molecule has 0 aliphatic rings. The number of hydrogen-bond acceptors (Lipinski definition) is 1. The van der Waals surface area contributed by atoms with E-state index < -0.39 is 0 Å². The monoisotopic (exact) mass is 206 g/mol. The second-order valence-electron chi connectivity index (χ2n) is 3.18. The highest BCUT2D eigenvalue weighted by Gasteiger charge is 1.99. The van der Waals surface area contributed by atoms with E-state index in [-0.39, 0.29) is 5.38 Å². The Morgan fingerprint density at radius 1 is 1.57 bits per heavy atom. The number of pyridine rings is 1. The second kappa shape index (κ2) is 3.84. The lowest BCUT2D eigenvalue weighted by molar-refractivity contribution is 1.24. The van der Waals surface area contributed by atoms with Crippen molar-refractivity contribution in [1.82, 2.24) is 9.97 Å². The Bertz CT molecular complexity index is 457. The van der Waals surface area contributed by atoms with E-state index in [0.29, 0.717) is 0 Å². The zero-order valence-corrected chi connectivity index (χ0v) is 8.62. The molecule has 2 nitrogen and oxygen atoms in total. The van der Waals surface area contributed by atoms with Crippen LogP contribution in [0.1, 0.15) is 12.5 Å². The summed E-state index contributed by atoms with van der Waals surface area (Å²) in [4.78, 5) is 7.31. The minimum atomic E-state index is 0.0524. The SMILES string of the molecule is CC(Cl)/C=C/c1c[nH]c2ncccc12. The molecule has 0 saturated heterocycles. The first-order chi connectivity index (χ1) is 6.77. The fraction of sp³-hybridized carbons (Fsp3) is 0.182. The van der Waals surface area contributed by atoms with Gasteiger partial charge in [-0.05, 0) is 19.1 Å². The average Bonchev–Trinajstić information content (AvgIpc) is 2.58. The molecule has 0 aliphatic carbocycles. The second-order valence-corrected chi connectivity index (χ2v) is 3.87. The average molecular weight is 207 g/mol. The van der Waals surface area contributed by atoms with Crippen LogP contribution in [-0.2, 0) is 0 Å². The number of aromatic nitrogens is 2. The number of allylic oxidation sites excluding steroid dienone is 1. The van der Waals surface area contributed by atoms with Gasteiger partial charge in [-0.2, -0.15) is 0 Å². The summed E-state index contributed by atoms with van der Waals surface area (Å²) < 4.78 is 0. The molecule has 0 aliphatic heterocycles. The van der Waals surface area contributed by atoms with Gasteiger partial charge in [0, 0.05) is 28.7 Å².